The van der Waals surface area contributed by atoms with E-state index in [2.05, 4.69) is 12.2 Å². The van der Waals surface area contributed by atoms with Gasteiger partial charge in [0.2, 0.25) is 0 Å². The largest absolute Gasteiger partial charge is 0.392 e. The van der Waals surface area contributed by atoms with Crippen molar-refractivity contribution >= 4 is 0 Å². The monoisotopic (exact) mass is 129 g/mol. The van der Waals surface area contributed by atoms with Crippen LogP contribution in [-0.4, -0.2) is 23.8 Å². The van der Waals surface area contributed by atoms with Crippen molar-refractivity contribution < 1.29 is 5.11 Å². The van der Waals surface area contributed by atoms with Gasteiger partial charge in [0.1, 0.15) is 0 Å². The van der Waals surface area contributed by atoms with E-state index in [1.807, 2.05) is 6.92 Å². The third-order valence-corrected chi connectivity index (χ3v) is 1.97. The molecule has 0 saturated carbocycles. The van der Waals surface area contributed by atoms with E-state index in [0.717, 1.165) is 18.9 Å². The van der Waals surface area contributed by atoms with Crippen LogP contribution < -0.4 is 5.32 Å². The summed E-state index contributed by atoms with van der Waals surface area (Å²) in [5.41, 5.74) is 0. The summed E-state index contributed by atoms with van der Waals surface area (Å²) < 4.78 is 0. The maximum atomic E-state index is 9.11. The predicted molar refractivity (Wildman–Crippen MR) is 37.3 cm³/mol. The van der Waals surface area contributed by atoms with E-state index in [-0.39, 0.29) is 6.10 Å². The Morgan fingerprint density at radius 1 is 1.67 bits per heavy atom. The summed E-state index contributed by atoms with van der Waals surface area (Å²) >= 11 is 0. The SMILES string of the molecule is CC1CNC(C(C)O)C1. The summed E-state index contributed by atoms with van der Waals surface area (Å²) in [7, 11) is 0. The average Bonchev–Trinajstić information content (AvgIpc) is 2.14. The first kappa shape index (κ1) is 7.03. The average molecular weight is 129 g/mol. The minimum atomic E-state index is -0.185. The van der Waals surface area contributed by atoms with Crippen LogP contribution in [0.5, 0.6) is 0 Å². The highest BCUT2D eigenvalue weighted by atomic mass is 16.3. The Labute approximate surface area is 56.3 Å². The zero-order valence-corrected chi connectivity index (χ0v) is 6.09. The Morgan fingerprint density at radius 2 is 2.33 bits per heavy atom. The topological polar surface area (TPSA) is 32.3 Å². The van der Waals surface area contributed by atoms with Gasteiger partial charge in [-0.1, -0.05) is 6.92 Å². The second-order valence-electron chi connectivity index (χ2n) is 3.10. The van der Waals surface area contributed by atoms with Crippen molar-refractivity contribution in [2.75, 3.05) is 6.54 Å². The van der Waals surface area contributed by atoms with Crippen LogP contribution in [0.15, 0.2) is 0 Å². The first-order valence-corrected chi connectivity index (χ1v) is 3.61. The summed E-state index contributed by atoms with van der Waals surface area (Å²) in [5, 5.41) is 12.4. The first-order valence-electron chi connectivity index (χ1n) is 3.61. The Balaban J connectivity index is 2.30. The van der Waals surface area contributed by atoms with Gasteiger partial charge in [0.25, 0.3) is 0 Å². The van der Waals surface area contributed by atoms with Gasteiger partial charge in [0, 0.05) is 6.04 Å². The number of aliphatic hydroxyl groups is 1. The van der Waals surface area contributed by atoms with E-state index in [1.54, 1.807) is 0 Å². The minimum absolute atomic E-state index is 0.185. The lowest BCUT2D eigenvalue weighted by atomic mass is 10.1. The standard InChI is InChI=1S/C7H15NO/c1-5-3-7(6(2)9)8-4-5/h5-9H,3-4H2,1-2H3. The van der Waals surface area contributed by atoms with Crippen molar-refractivity contribution in [3.63, 3.8) is 0 Å². The molecule has 54 valence electrons. The Bertz CT molecular complexity index is 92.9. The van der Waals surface area contributed by atoms with Gasteiger partial charge in [-0.3, -0.25) is 0 Å². The summed E-state index contributed by atoms with van der Waals surface area (Å²) in [6.07, 6.45) is 0.937. The molecule has 0 amide bonds. The zero-order valence-electron chi connectivity index (χ0n) is 6.09. The summed E-state index contributed by atoms with van der Waals surface area (Å²) in [6.45, 7) is 5.11. The molecule has 1 aliphatic rings. The maximum Gasteiger partial charge on any atom is 0.0665 e. The minimum Gasteiger partial charge on any atom is -0.392 e. The van der Waals surface area contributed by atoms with E-state index in [0.29, 0.717) is 6.04 Å². The molecule has 3 atom stereocenters. The zero-order chi connectivity index (χ0) is 6.85. The fourth-order valence-electron chi connectivity index (χ4n) is 1.32. The van der Waals surface area contributed by atoms with Gasteiger partial charge >= 0.3 is 0 Å². The van der Waals surface area contributed by atoms with Crippen LogP contribution in [0.3, 0.4) is 0 Å². The van der Waals surface area contributed by atoms with E-state index < -0.39 is 0 Å². The molecular weight excluding hydrogens is 114 g/mol. The number of rotatable bonds is 1. The number of hydrogen-bond donors (Lipinski definition) is 2. The van der Waals surface area contributed by atoms with Crippen LogP contribution in [0.4, 0.5) is 0 Å². The van der Waals surface area contributed by atoms with Gasteiger partial charge in [0.15, 0.2) is 0 Å². The van der Waals surface area contributed by atoms with Crippen molar-refractivity contribution in [3.8, 4) is 0 Å². The molecule has 0 radical (unpaired) electrons. The summed E-state index contributed by atoms with van der Waals surface area (Å²) in [6, 6.07) is 0.347. The molecule has 2 N–H and O–H groups in total. The van der Waals surface area contributed by atoms with Crippen LogP contribution in [0.2, 0.25) is 0 Å². The Hall–Kier alpha value is -0.0800. The highest BCUT2D eigenvalue weighted by molar-refractivity contribution is 4.82. The van der Waals surface area contributed by atoms with Crippen molar-refractivity contribution in [1.82, 2.24) is 5.32 Å². The fraction of sp³-hybridized carbons (Fsp3) is 1.00. The van der Waals surface area contributed by atoms with Gasteiger partial charge in [0.05, 0.1) is 6.10 Å². The number of hydrogen-bond acceptors (Lipinski definition) is 2. The molecule has 2 heteroatoms. The summed E-state index contributed by atoms with van der Waals surface area (Å²) in [5.74, 6) is 0.740. The molecule has 1 rings (SSSR count). The van der Waals surface area contributed by atoms with Crippen LogP contribution in [0, 0.1) is 5.92 Å². The number of nitrogens with one attached hydrogen (secondary N) is 1. The van der Waals surface area contributed by atoms with E-state index in [4.69, 9.17) is 5.11 Å². The van der Waals surface area contributed by atoms with Gasteiger partial charge < -0.3 is 10.4 Å². The normalized spacial score (nSPS) is 39.0. The smallest absolute Gasteiger partial charge is 0.0665 e. The third-order valence-electron chi connectivity index (χ3n) is 1.97. The molecule has 0 aliphatic carbocycles. The molecule has 0 aromatic carbocycles. The molecule has 2 nitrogen and oxygen atoms in total. The molecular formula is C7H15NO. The molecule has 1 heterocycles. The fourth-order valence-corrected chi connectivity index (χ4v) is 1.32. The van der Waals surface area contributed by atoms with E-state index >= 15 is 0 Å². The molecule has 9 heavy (non-hydrogen) atoms. The van der Waals surface area contributed by atoms with Crippen molar-refractivity contribution in [3.05, 3.63) is 0 Å². The van der Waals surface area contributed by atoms with Crippen molar-refractivity contribution in [2.24, 2.45) is 5.92 Å². The highest BCUT2D eigenvalue weighted by Crippen LogP contribution is 2.14. The van der Waals surface area contributed by atoms with Gasteiger partial charge in [-0.05, 0) is 25.8 Å². The van der Waals surface area contributed by atoms with Gasteiger partial charge in [-0.2, -0.15) is 0 Å². The molecule has 0 aromatic heterocycles. The third kappa shape index (κ3) is 1.66. The van der Waals surface area contributed by atoms with Crippen LogP contribution in [-0.2, 0) is 0 Å². The van der Waals surface area contributed by atoms with E-state index in [1.165, 1.54) is 0 Å². The summed E-state index contributed by atoms with van der Waals surface area (Å²) in [4.78, 5) is 0. The van der Waals surface area contributed by atoms with E-state index in [9.17, 15) is 0 Å². The molecule has 0 bridgehead atoms. The molecule has 1 fully saturated rings. The maximum absolute atomic E-state index is 9.11. The molecule has 0 aromatic rings. The molecule has 1 saturated heterocycles. The van der Waals surface area contributed by atoms with Crippen molar-refractivity contribution in [1.29, 1.82) is 0 Å². The Morgan fingerprint density at radius 3 is 2.56 bits per heavy atom. The van der Waals surface area contributed by atoms with Gasteiger partial charge in [-0.25, -0.2) is 0 Å². The predicted octanol–water partition coefficient (Wildman–Crippen LogP) is 0.365. The lowest BCUT2D eigenvalue weighted by Gasteiger charge is -2.12. The first-order chi connectivity index (χ1) is 4.20. The number of aliphatic hydroxyl groups excluding tert-OH is 1. The van der Waals surface area contributed by atoms with Crippen LogP contribution in [0.25, 0.3) is 0 Å². The second-order valence-corrected chi connectivity index (χ2v) is 3.10. The molecule has 3 unspecified atom stereocenters. The highest BCUT2D eigenvalue weighted by Gasteiger charge is 2.23. The van der Waals surface area contributed by atoms with Gasteiger partial charge in [-0.15, -0.1) is 0 Å². The lowest BCUT2D eigenvalue weighted by molar-refractivity contribution is 0.153. The van der Waals surface area contributed by atoms with Crippen molar-refractivity contribution in [2.45, 2.75) is 32.4 Å². The van der Waals surface area contributed by atoms with Crippen LogP contribution >= 0.6 is 0 Å². The Kier molecular flexibility index (Phi) is 2.09. The molecule has 0 spiro atoms. The van der Waals surface area contributed by atoms with Crippen LogP contribution in [0.1, 0.15) is 20.3 Å². The lowest BCUT2D eigenvalue weighted by Crippen LogP contribution is -2.32. The second kappa shape index (κ2) is 2.67. The quantitative estimate of drug-likeness (QED) is 0.536. The molecule has 1 aliphatic heterocycles.